The normalized spacial score (nSPS) is 10.0. The molecule has 0 aliphatic heterocycles. The molecule has 0 unspecified atom stereocenters. The lowest BCUT2D eigenvalue weighted by Gasteiger charge is -2.15. The third kappa shape index (κ3) is 5.31. The zero-order valence-electron chi connectivity index (χ0n) is 14.7. The third-order valence-electron chi connectivity index (χ3n) is 3.59. The molecule has 0 atom stereocenters. The van der Waals surface area contributed by atoms with Crippen molar-refractivity contribution in [3.63, 3.8) is 0 Å². The van der Waals surface area contributed by atoms with Crippen LogP contribution in [0.5, 0.6) is 23.0 Å². The predicted molar refractivity (Wildman–Crippen MR) is 94.7 cm³/mol. The average molecular weight is 345 g/mol. The number of para-hydroxylation sites is 1. The number of methoxy groups -OCH3 is 3. The van der Waals surface area contributed by atoms with Crippen LogP contribution in [0.15, 0.2) is 42.5 Å². The van der Waals surface area contributed by atoms with E-state index in [2.05, 4.69) is 5.32 Å². The fourth-order valence-corrected chi connectivity index (χ4v) is 2.37. The Balaban J connectivity index is 1.89. The minimum Gasteiger partial charge on any atom is -0.497 e. The standard InChI is InChI=1S/C19H23NO5/c1-22-16-11-14(19(24-3)17(12-16)23-2)9-10-20-18(21)13-25-15-7-5-4-6-8-15/h4-8,11-12H,9-10,13H2,1-3H3,(H,20,21). The van der Waals surface area contributed by atoms with Gasteiger partial charge in [0.25, 0.3) is 5.91 Å². The maximum Gasteiger partial charge on any atom is 0.257 e. The summed E-state index contributed by atoms with van der Waals surface area (Å²) in [5, 5.41) is 2.83. The largest absolute Gasteiger partial charge is 0.497 e. The molecule has 0 radical (unpaired) electrons. The van der Waals surface area contributed by atoms with Crippen LogP contribution in [0.2, 0.25) is 0 Å². The predicted octanol–water partition coefficient (Wildman–Crippen LogP) is 2.45. The van der Waals surface area contributed by atoms with Gasteiger partial charge in [0.1, 0.15) is 11.5 Å². The van der Waals surface area contributed by atoms with E-state index in [1.807, 2.05) is 24.3 Å². The van der Waals surface area contributed by atoms with E-state index in [4.69, 9.17) is 18.9 Å². The Bertz CT molecular complexity index is 688. The highest BCUT2D eigenvalue weighted by Gasteiger charge is 2.13. The van der Waals surface area contributed by atoms with Crippen molar-refractivity contribution in [3.8, 4) is 23.0 Å². The van der Waals surface area contributed by atoms with Gasteiger partial charge in [-0.2, -0.15) is 0 Å². The van der Waals surface area contributed by atoms with Gasteiger partial charge < -0.3 is 24.3 Å². The lowest BCUT2D eigenvalue weighted by molar-refractivity contribution is -0.123. The first kappa shape index (κ1) is 18.4. The minimum atomic E-state index is -0.183. The van der Waals surface area contributed by atoms with Crippen LogP contribution in [-0.2, 0) is 11.2 Å². The van der Waals surface area contributed by atoms with E-state index in [1.165, 1.54) is 0 Å². The van der Waals surface area contributed by atoms with Crippen molar-refractivity contribution in [1.82, 2.24) is 5.32 Å². The minimum absolute atomic E-state index is 0.0252. The van der Waals surface area contributed by atoms with Gasteiger partial charge in [0.15, 0.2) is 18.1 Å². The lowest BCUT2D eigenvalue weighted by atomic mass is 10.1. The van der Waals surface area contributed by atoms with Crippen LogP contribution in [0.3, 0.4) is 0 Å². The topological polar surface area (TPSA) is 66.0 Å². The molecule has 0 aromatic heterocycles. The molecular weight excluding hydrogens is 322 g/mol. The van der Waals surface area contributed by atoms with Crippen LogP contribution in [0.25, 0.3) is 0 Å². The molecule has 2 aromatic rings. The maximum atomic E-state index is 11.9. The van der Waals surface area contributed by atoms with E-state index in [0.717, 1.165) is 5.56 Å². The number of benzene rings is 2. The molecule has 0 saturated carbocycles. The summed E-state index contributed by atoms with van der Waals surface area (Å²) in [6.07, 6.45) is 0.577. The first-order valence-corrected chi connectivity index (χ1v) is 7.91. The van der Waals surface area contributed by atoms with E-state index >= 15 is 0 Å². The Morgan fingerprint density at radius 1 is 0.960 bits per heavy atom. The number of rotatable bonds is 9. The Morgan fingerprint density at radius 2 is 1.72 bits per heavy atom. The molecule has 0 spiro atoms. The molecule has 134 valence electrons. The fourth-order valence-electron chi connectivity index (χ4n) is 2.37. The van der Waals surface area contributed by atoms with E-state index in [0.29, 0.717) is 36.0 Å². The van der Waals surface area contributed by atoms with Gasteiger partial charge in [-0.05, 0) is 24.6 Å². The second-order valence-electron chi connectivity index (χ2n) is 5.22. The molecule has 0 aliphatic carbocycles. The molecule has 2 aromatic carbocycles. The summed E-state index contributed by atoms with van der Waals surface area (Å²) in [6.45, 7) is 0.423. The van der Waals surface area contributed by atoms with Crippen molar-refractivity contribution in [2.75, 3.05) is 34.5 Å². The number of carbonyl (C=O) groups is 1. The van der Waals surface area contributed by atoms with Crippen molar-refractivity contribution in [1.29, 1.82) is 0 Å². The zero-order chi connectivity index (χ0) is 18.1. The number of ether oxygens (including phenoxy) is 4. The fraction of sp³-hybridized carbons (Fsp3) is 0.316. The van der Waals surface area contributed by atoms with Gasteiger partial charge in [-0.25, -0.2) is 0 Å². The van der Waals surface area contributed by atoms with Crippen LogP contribution >= 0.6 is 0 Å². The second kappa shape index (κ2) is 9.42. The number of amides is 1. The number of carbonyl (C=O) groups excluding carboxylic acids is 1. The van der Waals surface area contributed by atoms with E-state index in [1.54, 1.807) is 39.5 Å². The Morgan fingerprint density at radius 3 is 2.36 bits per heavy atom. The number of hydrogen-bond acceptors (Lipinski definition) is 5. The van der Waals surface area contributed by atoms with Crippen LogP contribution in [0, 0.1) is 0 Å². The molecule has 0 aliphatic rings. The summed E-state index contributed by atoms with van der Waals surface area (Å²) in [5.41, 5.74) is 0.892. The molecule has 0 bridgehead atoms. The highest BCUT2D eigenvalue weighted by molar-refractivity contribution is 5.77. The zero-order valence-corrected chi connectivity index (χ0v) is 14.7. The van der Waals surface area contributed by atoms with Gasteiger partial charge in [-0.1, -0.05) is 18.2 Å². The molecule has 1 N–H and O–H groups in total. The highest BCUT2D eigenvalue weighted by Crippen LogP contribution is 2.35. The summed E-state index contributed by atoms with van der Waals surface area (Å²) >= 11 is 0. The van der Waals surface area contributed by atoms with Crippen molar-refractivity contribution in [2.45, 2.75) is 6.42 Å². The van der Waals surface area contributed by atoms with E-state index in [-0.39, 0.29) is 12.5 Å². The summed E-state index contributed by atoms with van der Waals surface area (Å²) in [5.74, 6) is 2.38. The SMILES string of the molecule is COc1cc(CCNC(=O)COc2ccccc2)c(OC)c(OC)c1. The first-order chi connectivity index (χ1) is 12.2. The van der Waals surface area contributed by atoms with E-state index in [9.17, 15) is 4.79 Å². The summed E-state index contributed by atoms with van der Waals surface area (Å²) in [6, 6.07) is 12.8. The van der Waals surface area contributed by atoms with Crippen LogP contribution in [0.4, 0.5) is 0 Å². The van der Waals surface area contributed by atoms with Gasteiger partial charge in [-0.15, -0.1) is 0 Å². The second-order valence-corrected chi connectivity index (χ2v) is 5.22. The molecule has 1 amide bonds. The van der Waals surface area contributed by atoms with Crippen LogP contribution < -0.4 is 24.3 Å². The molecule has 6 heteroatoms. The van der Waals surface area contributed by atoms with E-state index < -0.39 is 0 Å². The van der Waals surface area contributed by atoms with Gasteiger partial charge in [-0.3, -0.25) is 4.79 Å². The van der Waals surface area contributed by atoms with Gasteiger partial charge in [0, 0.05) is 18.2 Å². The Kier molecular flexibility index (Phi) is 6.95. The summed E-state index contributed by atoms with van der Waals surface area (Å²) in [4.78, 5) is 11.9. The third-order valence-corrected chi connectivity index (χ3v) is 3.59. The smallest absolute Gasteiger partial charge is 0.257 e. The quantitative estimate of drug-likeness (QED) is 0.756. The van der Waals surface area contributed by atoms with Crippen molar-refractivity contribution >= 4 is 5.91 Å². The molecule has 0 fully saturated rings. The molecule has 0 heterocycles. The van der Waals surface area contributed by atoms with Crippen molar-refractivity contribution in [3.05, 3.63) is 48.0 Å². The first-order valence-electron chi connectivity index (χ1n) is 7.91. The number of hydrogen-bond donors (Lipinski definition) is 1. The molecule has 0 saturated heterocycles. The molecule has 2 rings (SSSR count). The molecule has 25 heavy (non-hydrogen) atoms. The Hall–Kier alpha value is -2.89. The van der Waals surface area contributed by atoms with Crippen LogP contribution in [0.1, 0.15) is 5.56 Å². The van der Waals surface area contributed by atoms with Crippen LogP contribution in [-0.4, -0.2) is 40.4 Å². The van der Waals surface area contributed by atoms with Gasteiger partial charge in [0.2, 0.25) is 0 Å². The highest BCUT2D eigenvalue weighted by atomic mass is 16.5. The number of nitrogens with one attached hydrogen (secondary N) is 1. The molecular formula is C19H23NO5. The van der Waals surface area contributed by atoms with Crippen molar-refractivity contribution in [2.24, 2.45) is 0 Å². The lowest BCUT2D eigenvalue weighted by Crippen LogP contribution is -2.30. The van der Waals surface area contributed by atoms with Gasteiger partial charge in [0.05, 0.1) is 21.3 Å². The van der Waals surface area contributed by atoms with Gasteiger partial charge >= 0.3 is 0 Å². The average Bonchev–Trinajstić information content (AvgIpc) is 2.66. The maximum absolute atomic E-state index is 11.9. The van der Waals surface area contributed by atoms with Crippen molar-refractivity contribution < 1.29 is 23.7 Å². The summed E-state index contributed by atoms with van der Waals surface area (Å²) in [7, 11) is 4.75. The summed E-state index contributed by atoms with van der Waals surface area (Å²) < 4.78 is 21.4. The molecule has 6 nitrogen and oxygen atoms in total. The Labute approximate surface area is 147 Å². The monoisotopic (exact) mass is 345 g/mol.